The molecular formula is C17H29N3O. The van der Waals surface area contributed by atoms with Crippen LogP contribution >= 0.6 is 0 Å². The lowest BCUT2D eigenvalue weighted by Crippen LogP contribution is -2.34. The van der Waals surface area contributed by atoms with Crippen LogP contribution in [-0.4, -0.2) is 28.0 Å². The molecule has 3 atom stereocenters. The molecule has 1 heterocycles. The maximum atomic E-state index is 10.5. The lowest BCUT2D eigenvalue weighted by atomic mass is 9.74. The quantitative estimate of drug-likeness (QED) is 0.824. The van der Waals surface area contributed by atoms with Crippen molar-refractivity contribution in [2.45, 2.75) is 77.0 Å². The third-order valence-corrected chi connectivity index (χ3v) is 5.32. The van der Waals surface area contributed by atoms with Crippen LogP contribution in [0.5, 0.6) is 0 Å². The lowest BCUT2D eigenvalue weighted by molar-refractivity contribution is 0.0953. The van der Waals surface area contributed by atoms with E-state index >= 15 is 0 Å². The molecule has 2 aliphatic rings. The van der Waals surface area contributed by atoms with Gasteiger partial charge in [0.25, 0.3) is 0 Å². The van der Waals surface area contributed by atoms with Crippen LogP contribution in [0.2, 0.25) is 0 Å². The van der Waals surface area contributed by atoms with Crippen molar-refractivity contribution in [2.75, 3.05) is 7.05 Å². The summed E-state index contributed by atoms with van der Waals surface area (Å²) in [6.45, 7) is 4.67. The van der Waals surface area contributed by atoms with Crippen LogP contribution in [0.1, 0.15) is 75.7 Å². The van der Waals surface area contributed by atoms with Crippen molar-refractivity contribution in [3.8, 4) is 0 Å². The van der Waals surface area contributed by atoms with Gasteiger partial charge in [-0.1, -0.05) is 33.1 Å². The molecule has 4 heteroatoms. The SMILES string of the molecule is CNC1CC(C)(C)Cc2c1cnn2C1CCCCCC1O. The Morgan fingerprint density at radius 2 is 2.05 bits per heavy atom. The van der Waals surface area contributed by atoms with Crippen molar-refractivity contribution in [3.05, 3.63) is 17.5 Å². The number of hydrogen-bond donors (Lipinski definition) is 2. The number of rotatable bonds is 2. The van der Waals surface area contributed by atoms with E-state index in [9.17, 15) is 5.11 Å². The molecule has 2 N–H and O–H groups in total. The normalized spacial score (nSPS) is 32.5. The highest BCUT2D eigenvalue weighted by molar-refractivity contribution is 5.27. The molecule has 4 nitrogen and oxygen atoms in total. The number of aromatic nitrogens is 2. The van der Waals surface area contributed by atoms with Gasteiger partial charge in [-0.15, -0.1) is 0 Å². The van der Waals surface area contributed by atoms with Gasteiger partial charge in [0.15, 0.2) is 0 Å². The number of nitrogens with one attached hydrogen (secondary N) is 1. The highest BCUT2D eigenvalue weighted by Gasteiger charge is 2.36. The van der Waals surface area contributed by atoms with Crippen molar-refractivity contribution < 1.29 is 5.11 Å². The fourth-order valence-electron chi connectivity index (χ4n) is 4.16. The summed E-state index contributed by atoms with van der Waals surface area (Å²) in [5, 5.41) is 18.6. The van der Waals surface area contributed by atoms with E-state index in [0.717, 1.165) is 32.1 Å². The lowest BCUT2D eigenvalue weighted by Gasteiger charge is -2.36. The highest BCUT2D eigenvalue weighted by Crippen LogP contribution is 2.42. The molecule has 0 spiro atoms. The predicted octanol–water partition coefficient (Wildman–Crippen LogP) is 2.98. The Bertz CT molecular complexity index is 494. The Morgan fingerprint density at radius 1 is 1.29 bits per heavy atom. The van der Waals surface area contributed by atoms with E-state index in [1.54, 1.807) is 0 Å². The Morgan fingerprint density at radius 3 is 2.81 bits per heavy atom. The number of hydrogen-bond acceptors (Lipinski definition) is 3. The number of aliphatic hydroxyl groups is 1. The first kappa shape index (κ1) is 15.0. The highest BCUT2D eigenvalue weighted by atomic mass is 16.3. The minimum absolute atomic E-state index is 0.169. The number of nitrogens with zero attached hydrogens (tertiary/aromatic N) is 2. The fraction of sp³-hybridized carbons (Fsp3) is 0.824. The maximum absolute atomic E-state index is 10.5. The zero-order chi connectivity index (χ0) is 15.0. The summed E-state index contributed by atoms with van der Waals surface area (Å²) in [4.78, 5) is 0. The zero-order valence-electron chi connectivity index (χ0n) is 13.6. The van der Waals surface area contributed by atoms with Crippen molar-refractivity contribution in [2.24, 2.45) is 5.41 Å². The Labute approximate surface area is 127 Å². The Kier molecular flexibility index (Phi) is 4.10. The van der Waals surface area contributed by atoms with Crippen LogP contribution in [-0.2, 0) is 6.42 Å². The van der Waals surface area contributed by atoms with Gasteiger partial charge in [0, 0.05) is 17.3 Å². The monoisotopic (exact) mass is 291 g/mol. The Balaban J connectivity index is 1.96. The molecule has 0 saturated heterocycles. The summed E-state index contributed by atoms with van der Waals surface area (Å²) in [6.07, 6.45) is 9.55. The van der Waals surface area contributed by atoms with E-state index in [1.165, 1.54) is 24.1 Å². The van der Waals surface area contributed by atoms with E-state index in [-0.39, 0.29) is 17.6 Å². The molecule has 118 valence electrons. The minimum atomic E-state index is -0.241. The molecule has 1 fully saturated rings. The van der Waals surface area contributed by atoms with E-state index in [0.29, 0.717) is 6.04 Å². The van der Waals surface area contributed by atoms with Gasteiger partial charge in [0.1, 0.15) is 0 Å². The molecule has 2 aliphatic carbocycles. The van der Waals surface area contributed by atoms with Gasteiger partial charge in [-0.25, -0.2) is 0 Å². The van der Waals surface area contributed by atoms with E-state index in [4.69, 9.17) is 5.10 Å². The molecule has 3 unspecified atom stereocenters. The average molecular weight is 291 g/mol. The van der Waals surface area contributed by atoms with E-state index in [1.807, 2.05) is 13.2 Å². The molecule has 1 saturated carbocycles. The van der Waals surface area contributed by atoms with Crippen molar-refractivity contribution >= 4 is 0 Å². The topological polar surface area (TPSA) is 50.1 Å². The molecule has 21 heavy (non-hydrogen) atoms. The number of aliphatic hydroxyl groups excluding tert-OH is 1. The third kappa shape index (κ3) is 2.88. The van der Waals surface area contributed by atoms with Crippen LogP contribution in [0.4, 0.5) is 0 Å². The first-order valence-electron chi connectivity index (χ1n) is 8.43. The van der Waals surface area contributed by atoms with Gasteiger partial charge in [0.2, 0.25) is 0 Å². The fourth-order valence-corrected chi connectivity index (χ4v) is 4.16. The summed E-state index contributed by atoms with van der Waals surface area (Å²) in [5.41, 5.74) is 2.97. The van der Waals surface area contributed by atoms with Gasteiger partial charge < -0.3 is 10.4 Å². The second kappa shape index (κ2) is 5.73. The van der Waals surface area contributed by atoms with Crippen LogP contribution < -0.4 is 5.32 Å². The number of fused-ring (bicyclic) bond motifs is 1. The maximum Gasteiger partial charge on any atom is 0.0781 e. The van der Waals surface area contributed by atoms with Gasteiger partial charge in [-0.2, -0.15) is 5.10 Å². The van der Waals surface area contributed by atoms with Crippen LogP contribution in [0.3, 0.4) is 0 Å². The van der Waals surface area contributed by atoms with Crippen molar-refractivity contribution in [1.82, 2.24) is 15.1 Å². The Hall–Kier alpha value is -0.870. The van der Waals surface area contributed by atoms with Gasteiger partial charge in [0.05, 0.1) is 18.3 Å². The van der Waals surface area contributed by atoms with Gasteiger partial charge in [-0.3, -0.25) is 4.68 Å². The van der Waals surface area contributed by atoms with Crippen molar-refractivity contribution in [1.29, 1.82) is 0 Å². The van der Waals surface area contributed by atoms with Crippen LogP contribution in [0, 0.1) is 5.41 Å². The molecule has 0 amide bonds. The molecule has 0 aromatic carbocycles. The molecule has 1 aromatic heterocycles. The summed E-state index contributed by atoms with van der Waals surface area (Å²) in [6, 6.07) is 0.558. The van der Waals surface area contributed by atoms with E-state index in [2.05, 4.69) is 23.8 Å². The van der Waals surface area contributed by atoms with Crippen LogP contribution in [0.15, 0.2) is 6.20 Å². The van der Waals surface area contributed by atoms with Crippen molar-refractivity contribution in [3.63, 3.8) is 0 Å². The zero-order valence-corrected chi connectivity index (χ0v) is 13.6. The summed E-state index contributed by atoms with van der Waals surface area (Å²) >= 11 is 0. The van der Waals surface area contributed by atoms with Crippen LogP contribution in [0.25, 0.3) is 0 Å². The molecule has 1 aromatic rings. The minimum Gasteiger partial charge on any atom is -0.391 e. The van der Waals surface area contributed by atoms with Gasteiger partial charge >= 0.3 is 0 Å². The molecular weight excluding hydrogens is 262 g/mol. The smallest absolute Gasteiger partial charge is 0.0781 e. The molecule has 3 rings (SSSR count). The van der Waals surface area contributed by atoms with E-state index < -0.39 is 0 Å². The summed E-state index contributed by atoms with van der Waals surface area (Å²) in [5.74, 6) is 0. The molecule has 0 bridgehead atoms. The third-order valence-electron chi connectivity index (χ3n) is 5.32. The molecule has 0 radical (unpaired) electrons. The van der Waals surface area contributed by atoms with Gasteiger partial charge in [-0.05, 0) is 38.1 Å². The molecule has 0 aliphatic heterocycles. The standard InChI is InChI=1S/C17H29N3O/c1-17(2)9-13(18-3)12-11-19-20(15(12)10-17)14-7-5-4-6-8-16(14)21/h11,13-14,16,18,21H,4-10H2,1-3H3. The second-order valence-electron chi connectivity index (χ2n) is 7.65. The first-order valence-corrected chi connectivity index (χ1v) is 8.43. The largest absolute Gasteiger partial charge is 0.391 e. The first-order chi connectivity index (χ1) is 10.0. The summed E-state index contributed by atoms with van der Waals surface area (Å²) < 4.78 is 2.16. The predicted molar refractivity (Wildman–Crippen MR) is 84.3 cm³/mol. The average Bonchev–Trinajstić information content (AvgIpc) is 2.71. The summed E-state index contributed by atoms with van der Waals surface area (Å²) in [7, 11) is 2.04. The second-order valence-corrected chi connectivity index (χ2v) is 7.65.